The van der Waals surface area contributed by atoms with Gasteiger partial charge in [0.2, 0.25) is 11.1 Å². The van der Waals surface area contributed by atoms with Gasteiger partial charge < -0.3 is 5.32 Å². The first-order chi connectivity index (χ1) is 12.1. The van der Waals surface area contributed by atoms with E-state index in [1.54, 1.807) is 12.1 Å². The Kier molecular flexibility index (Phi) is 5.45. The van der Waals surface area contributed by atoms with Gasteiger partial charge in [0.25, 0.3) is 0 Å². The van der Waals surface area contributed by atoms with E-state index in [4.69, 9.17) is 0 Å². The molecule has 0 saturated heterocycles. The number of H-pyrrole nitrogens is 1. The van der Waals surface area contributed by atoms with Crippen molar-refractivity contribution in [1.29, 1.82) is 0 Å². The fourth-order valence-corrected chi connectivity index (χ4v) is 2.83. The summed E-state index contributed by atoms with van der Waals surface area (Å²) >= 11 is 1.22. The molecule has 5 nitrogen and oxygen atoms in total. The average molecular weight is 356 g/mol. The predicted octanol–water partition coefficient (Wildman–Crippen LogP) is 3.90. The van der Waals surface area contributed by atoms with E-state index in [-0.39, 0.29) is 11.7 Å². The fourth-order valence-electron chi connectivity index (χ4n) is 2.23. The summed E-state index contributed by atoms with van der Waals surface area (Å²) in [5.41, 5.74) is 2.63. The largest absolute Gasteiger partial charge is 0.325 e. The van der Waals surface area contributed by atoms with Crippen molar-refractivity contribution in [2.75, 3.05) is 11.1 Å². The lowest BCUT2D eigenvalue weighted by atomic mass is 10.1. The number of anilines is 1. The second-order valence-corrected chi connectivity index (χ2v) is 6.31. The summed E-state index contributed by atoms with van der Waals surface area (Å²) in [5, 5.41) is 10.1. The van der Waals surface area contributed by atoms with Gasteiger partial charge in [-0.05, 0) is 30.2 Å². The van der Waals surface area contributed by atoms with Gasteiger partial charge in [-0.2, -0.15) is 0 Å². The smallest absolute Gasteiger partial charge is 0.234 e. The summed E-state index contributed by atoms with van der Waals surface area (Å²) in [7, 11) is 0. The van der Waals surface area contributed by atoms with E-state index in [0.29, 0.717) is 16.7 Å². The van der Waals surface area contributed by atoms with E-state index in [0.717, 1.165) is 12.0 Å². The molecule has 0 bridgehead atoms. The van der Waals surface area contributed by atoms with Crippen LogP contribution in [0.2, 0.25) is 0 Å². The maximum absolute atomic E-state index is 13.1. The second kappa shape index (κ2) is 7.94. The number of carbonyl (C=O) groups is 1. The summed E-state index contributed by atoms with van der Waals surface area (Å²) in [6, 6.07) is 13.9. The lowest BCUT2D eigenvalue weighted by Crippen LogP contribution is -2.14. The topological polar surface area (TPSA) is 70.7 Å². The van der Waals surface area contributed by atoms with Crippen LogP contribution in [0.1, 0.15) is 12.5 Å². The number of aromatic nitrogens is 3. The van der Waals surface area contributed by atoms with Gasteiger partial charge in [0.1, 0.15) is 5.82 Å². The number of hydrogen-bond donors (Lipinski definition) is 2. The zero-order valence-corrected chi connectivity index (χ0v) is 14.4. The lowest BCUT2D eigenvalue weighted by molar-refractivity contribution is -0.113. The first-order valence-electron chi connectivity index (χ1n) is 7.84. The predicted molar refractivity (Wildman–Crippen MR) is 97.0 cm³/mol. The minimum Gasteiger partial charge on any atom is -0.325 e. The highest BCUT2D eigenvalue weighted by Gasteiger charge is 2.09. The second-order valence-electron chi connectivity index (χ2n) is 5.36. The van der Waals surface area contributed by atoms with E-state index in [1.165, 1.54) is 29.5 Å². The summed E-state index contributed by atoms with van der Waals surface area (Å²) in [4.78, 5) is 16.3. The molecule has 7 heteroatoms. The van der Waals surface area contributed by atoms with Gasteiger partial charge in [-0.1, -0.05) is 49.0 Å². The molecule has 0 aliphatic heterocycles. The molecule has 3 rings (SSSR count). The van der Waals surface area contributed by atoms with Gasteiger partial charge in [-0.15, -0.1) is 5.10 Å². The molecule has 0 fully saturated rings. The Hall–Kier alpha value is -2.67. The molecular weight excluding hydrogens is 339 g/mol. The number of aryl methyl sites for hydroxylation is 1. The van der Waals surface area contributed by atoms with Gasteiger partial charge in [-0.25, -0.2) is 9.37 Å². The number of aromatic amines is 1. The van der Waals surface area contributed by atoms with Crippen molar-refractivity contribution >= 4 is 23.4 Å². The molecule has 1 heterocycles. The van der Waals surface area contributed by atoms with Crippen molar-refractivity contribution in [2.45, 2.75) is 18.5 Å². The van der Waals surface area contributed by atoms with Crippen LogP contribution in [0, 0.1) is 5.82 Å². The van der Waals surface area contributed by atoms with Gasteiger partial charge in [0, 0.05) is 11.3 Å². The molecule has 0 atom stereocenters. The summed E-state index contributed by atoms with van der Waals surface area (Å²) in [6.07, 6.45) is 0.984. The molecule has 2 N–H and O–H groups in total. The van der Waals surface area contributed by atoms with E-state index in [9.17, 15) is 9.18 Å². The monoisotopic (exact) mass is 356 g/mol. The Labute approximate surface area is 149 Å². The molecule has 0 radical (unpaired) electrons. The van der Waals surface area contributed by atoms with Gasteiger partial charge in [-0.3, -0.25) is 9.89 Å². The summed E-state index contributed by atoms with van der Waals surface area (Å²) in [6.45, 7) is 2.10. The Morgan fingerprint density at radius 3 is 2.76 bits per heavy atom. The normalized spacial score (nSPS) is 10.6. The number of carbonyl (C=O) groups excluding carboxylic acids is 1. The van der Waals surface area contributed by atoms with E-state index in [1.807, 2.05) is 12.1 Å². The highest BCUT2D eigenvalue weighted by Crippen LogP contribution is 2.20. The molecule has 1 aromatic heterocycles. The Bertz CT molecular complexity index is 864. The SMILES string of the molecule is CCc1ccc(-c2nc(SCC(=O)Nc3cccc(F)c3)n[nH]2)cc1. The van der Waals surface area contributed by atoms with Crippen LogP contribution in [0.25, 0.3) is 11.4 Å². The lowest BCUT2D eigenvalue weighted by Gasteiger charge is -2.03. The summed E-state index contributed by atoms with van der Waals surface area (Å²) < 4.78 is 13.1. The van der Waals surface area contributed by atoms with Crippen LogP contribution in [-0.4, -0.2) is 26.8 Å². The first kappa shape index (κ1) is 17.2. The van der Waals surface area contributed by atoms with Gasteiger partial charge in [0.15, 0.2) is 5.82 Å². The molecule has 0 spiro atoms. The molecule has 2 aromatic carbocycles. The number of benzene rings is 2. The fraction of sp³-hybridized carbons (Fsp3) is 0.167. The van der Waals surface area contributed by atoms with Crippen LogP contribution in [0.15, 0.2) is 53.7 Å². The minimum absolute atomic E-state index is 0.141. The quantitative estimate of drug-likeness (QED) is 0.657. The zero-order chi connectivity index (χ0) is 17.6. The number of thioether (sulfide) groups is 1. The maximum Gasteiger partial charge on any atom is 0.234 e. The van der Waals surface area contributed by atoms with Crippen LogP contribution in [-0.2, 0) is 11.2 Å². The molecule has 25 heavy (non-hydrogen) atoms. The molecule has 128 valence electrons. The molecule has 0 unspecified atom stereocenters. The summed E-state index contributed by atoms with van der Waals surface area (Å²) in [5.74, 6) is 0.172. The van der Waals surface area contributed by atoms with E-state index >= 15 is 0 Å². The Balaban J connectivity index is 1.56. The highest BCUT2D eigenvalue weighted by atomic mass is 32.2. The molecule has 3 aromatic rings. The maximum atomic E-state index is 13.1. The van der Waals surface area contributed by atoms with E-state index < -0.39 is 5.82 Å². The van der Waals surface area contributed by atoms with Crippen LogP contribution >= 0.6 is 11.8 Å². The average Bonchev–Trinajstić information content (AvgIpc) is 3.09. The van der Waals surface area contributed by atoms with Crippen LogP contribution in [0.5, 0.6) is 0 Å². The molecular formula is C18H17FN4OS. The third kappa shape index (κ3) is 4.67. The van der Waals surface area contributed by atoms with Crippen molar-refractivity contribution in [1.82, 2.24) is 15.2 Å². The number of amides is 1. The van der Waals surface area contributed by atoms with Crippen LogP contribution in [0.4, 0.5) is 10.1 Å². The standard InChI is InChI=1S/C18H17FN4OS/c1-2-12-6-8-13(9-7-12)17-21-18(23-22-17)25-11-16(24)20-15-5-3-4-14(19)10-15/h3-10H,2,11H2,1H3,(H,20,24)(H,21,22,23). The van der Waals surface area contributed by atoms with Crippen molar-refractivity contribution in [3.05, 3.63) is 59.9 Å². The minimum atomic E-state index is -0.391. The molecule has 1 amide bonds. The first-order valence-corrected chi connectivity index (χ1v) is 8.82. The number of nitrogens with zero attached hydrogens (tertiary/aromatic N) is 2. The molecule has 0 saturated carbocycles. The third-order valence-electron chi connectivity index (χ3n) is 3.54. The Morgan fingerprint density at radius 1 is 1.24 bits per heavy atom. The number of halogens is 1. The van der Waals surface area contributed by atoms with Crippen LogP contribution < -0.4 is 5.32 Å². The van der Waals surface area contributed by atoms with Gasteiger partial charge >= 0.3 is 0 Å². The van der Waals surface area contributed by atoms with Crippen LogP contribution in [0.3, 0.4) is 0 Å². The third-order valence-corrected chi connectivity index (χ3v) is 4.39. The van der Waals surface area contributed by atoms with Crippen molar-refractivity contribution in [3.63, 3.8) is 0 Å². The van der Waals surface area contributed by atoms with Gasteiger partial charge in [0.05, 0.1) is 5.75 Å². The van der Waals surface area contributed by atoms with Crippen molar-refractivity contribution in [3.8, 4) is 11.4 Å². The number of nitrogens with one attached hydrogen (secondary N) is 2. The Morgan fingerprint density at radius 2 is 2.04 bits per heavy atom. The van der Waals surface area contributed by atoms with E-state index in [2.05, 4.69) is 39.6 Å². The van der Waals surface area contributed by atoms with Crippen molar-refractivity contribution < 1.29 is 9.18 Å². The number of hydrogen-bond acceptors (Lipinski definition) is 4. The number of rotatable bonds is 6. The zero-order valence-electron chi connectivity index (χ0n) is 13.6. The molecule has 0 aliphatic carbocycles. The van der Waals surface area contributed by atoms with Crippen molar-refractivity contribution in [2.24, 2.45) is 0 Å². The molecule has 0 aliphatic rings. The highest BCUT2D eigenvalue weighted by molar-refractivity contribution is 7.99.